The Hall–Kier alpha value is -3.03. The number of thiazole rings is 1. The summed E-state index contributed by atoms with van der Waals surface area (Å²) in [7, 11) is 0. The molecule has 31 heavy (non-hydrogen) atoms. The van der Waals surface area contributed by atoms with Crippen molar-refractivity contribution in [2.75, 3.05) is 0 Å². The lowest BCUT2D eigenvalue weighted by atomic mass is 10.1. The van der Waals surface area contributed by atoms with Gasteiger partial charge in [0, 0.05) is 12.5 Å². The van der Waals surface area contributed by atoms with Gasteiger partial charge < -0.3 is 10.6 Å². The van der Waals surface area contributed by atoms with Gasteiger partial charge in [0.05, 0.1) is 20.0 Å². The van der Waals surface area contributed by atoms with Gasteiger partial charge in [0.1, 0.15) is 11.0 Å². The zero-order valence-corrected chi connectivity index (χ0v) is 18.3. The standard InChI is InChI=1S/C24H21N3O2S2/c28-22(25-16-10-11-16)18(14-15-6-2-1-3-7-15)26-23(29)20-12-13-21(30-20)24-27-17-8-4-5-9-19(17)31-24/h1-9,12-13,16,18H,10-11,14H2,(H,25,28)(H,26,29). The van der Waals surface area contributed by atoms with Gasteiger partial charge in [-0.05, 0) is 42.7 Å². The Morgan fingerprint density at radius 1 is 0.968 bits per heavy atom. The Kier molecular flexibility index (Phi) is 5.53. The van der Waals surface area contributed by atoms with E-state index in [1.165, 1.54) is 11.3 Å². The van der Waals surface area contributed by atoms with Crippen molar-refractivity contribution in [2.45, 2.75) is 31.3 Å². The van der Waals surface area contributed by atoms with E-state index in [1.54, 1.807) is 17.4 Å². The summed E-state index contributed by atoms with van der Waals surface area (Å²) in [6, 6.07) is 21.1. The van der Waals surface area contributed by atoms with Crippen LogP contribution in [0.3, 0.4) is 0 Å². The maximum atomic E-state index is 13.0. The number of fused-ring (bicyclic) bond motifs is 1. The van der Waals surface area contributed by atoms with Crippen molar-refractivity contribution in [1.29, 1.82) is 0 Å². The summed E-state index contributed by atoms with van der Waals surface area (Å²) in [5.74, 6) is -0.355. The first-order valence-electron chi connectivity index (χ1n) is 10.3. The number of rotatable bonds is 7. The molecule has 4 aromatic rings. The largest absolute Gasteiger partial charge is 0.352 e. The quantitative estimate of drug-likeness (QED) is 0.433. The highest BCUT2D eigenvalue weighted by Crippen LogP contribution is 2.34. The Morgan fingerprint density at radius 3 is 2.52 bits per heavy atom. The van der Waals surface area contributed by atoms with Gasteiger partial charge in [-0.2, -0.15) is 0 Å². The van der Waals surface area contributed by atoms with Crippen LogP contribution in [0.4, 0.5) is 0 Å². The van der Waals surface area contributed by atoms with Crippen LogP contribution in [-0.4, -0.2) is 28.9 Å². The fraction of sp³-hybridized carbons (Fsp3) is 0.208. The van der Waals surface area contributed by atoms with Crippen molar-refractivity contribution in [1.82, 2.24) is 15.6 Å². The molecule has 0 spiro atoms. The molecule has 1 aliphatic carbocycles. The minimum absolute atomic E-state index is 0.123. The van der Waals surface area contributed by atoms with Crippen LogP contribution in [0.2, 0.25) is 0 Å². The molecule has 5 rings (SSSR count). The van der Waals surface area contributed by atoms with E-state index < -0.39 is 6.04 Å². The first-order chi connectivity index (χ1) is 15.2. The highest BCUT2D eigenvalue weighted by atomic mass is 32.1. The highest BCUT2D eigenvalue weighted by molar-refractivity contribution is 7.26. The minimum Gasteiger partial charge on any atom is -0.352 e. The third kappa shape index (κ3) is 4.68. The summed E-state index contributed by atoms with van der Waals surface area (Å²) in [6.45, 7) is 0. The van der Waals surface area contributed by atoms with Crippen molar-refractivity contribution in [3.05, 3.63) is 77.2 Å². The molecule has 0 bridgehead atoms. The molecule has 1 aliphatic rings. The molecule has 2 amide bonds. The molecule has 0 aliphatic heterocycles. The molecule has 2 aromatic carbocycles. The van der Waals surface area contributed by atoms with Crippen LogP contribution in [0.25, 0.3) is 20.1 Å². The average molecular weight is 448 g/mol. The van der Waals surface area contributed by atoms with Gasteiger partial charge in [0.15, 0.2) is 0 Å². The number of thiophene rings is 1. The Balaban J connectivity index is 1.33. The lowest BCUT2D eigenvalue weighted by Crippen LogP contribution is -2.48. The number of amides is 2. The fourth-order valence-electron chi connectivity index (χ4n) is 3.37. The minimum atomic E-state index is -0.608. The van der Waals surface area contributed by atoms with E-state index in [1.807, 2.05) is 60.7 Å². The number of aromatic nitrogens is 1. The molecule has 1 fully saturated rings. The molecule has 2 aromatic heterocycles. The summed E-state index contributed by atoms with van der Waals surface area (Å²) in [5.41, 5.74) is 1.97. The van der Waals surface area contributed by atoms with Gasteiger partial charge in [-0.1, -0.05) is 42.5 Å². The lowest BCUT2D eigenvalue weighted by Gasteiger charge is -2.18. The molecular formula is C24H21N3O2S2. The maximum absolute atomic E-state index is 13.0. The van der Waals surface area contributed by atoms with Crippen LogP contribution in [0.1, 0.15) is 28.1 Å². The smallest absolute Gasteiger partial charge is 0.262 e. The number of nitrogens with one attached hydrogen (secondary N) is 2. The second-order valence-electron chi connectivity index (χ2n) is 7.65. The Morgan fingerprint density at radius 2 is 1.74 bits per heavy atom. The number of carbonyl (C=O) groups excluding carboxylic acids is 2. The Bertz CT molecular complexity index is 1190. The van der Waals surface area contributed by atoms with E-state index in [-0.39, 0.29) is 17.9 Å². The van der Waals surface area contributed by atoms with E-state index in [2.05, 4.69) is 15.6 Å². The summed E-state index contributed by atoms with van der Waals surface area (Å²) in [4.78, 5) is 31.9. The molecular weight excluding hydrogens is 426 g/mol. The third-order valence-electron chi connectivity index (χ3n) is 5.16. The van der Waals surface area contributed by atoms with Crippen LogP contribution in [0, 0.1) is 0 Å². The molecule has 1 unspecified atom stereocenters. The van der Waals surface area contributed by atoms with E-state index >= 15 is 0 Å². The van der Waals surface area contributed by atoms with Gasteiger partial charge in [-0.25, -0.2) is 4.98 Å². The topological polar surface area (TPSA) is 71.1 Å². The summed E-state index contributed by atoms with van der Waals surface area (Å²) >= 11 is 3.01. The first-order valence-corrected chi connectivity index (χ1v) is 11.9. The van der Waals surface area contributed by atoms with Crippen molar-refractivity contribution in [3.8, 4) is 9.88 Å². The van der Waals surface area contributed by atoms with Crippen LogP contribution >= 0.6 is 22.7 Å². The van der Waals surface area contributed by atoms with Crippen LogP contribution < -0.4 is 10.6 Å². The number of benzene rings is 2. The summed E-state index contributed by atoms with van der Waals surface area (Å²) in [5, 5.41) is 6.87. The number of hydrogen-bond donors (Lipinski definition) is 2. The summed E-state index contributed by atoms with van der Waals surface area (Å²) in [6.07, 6.45) is 2.48. The predicted octanol–water partition coefficient (Wildman–Crippen LogP) is 4.64. The first kappa shape index (κ1) is 19.9. The second-order valence-corrected chi connectivity index (χ2v) is 9.76. The molecule has 156 valence electrons. The van der Waals surface area contributed by atoms with E-state index in [9.17, 15) is 9.59 Å². The van der Waals surface area contributed by atoms with Crippen LogP contribution in [0.5, 0.6) is 0 Å². The molecule has 1 saturated carbocycles. The average Bonchev–Trinajstić information content (AvgIpc) is 3.28. The van der Waals surface area contributed by atoms with E-state index in [0.29, 0.717) is 11.3 Å². The van der Waals surface area contributed by atoms with Crippen molar-refractivity contribution in [2.24, 2.45) is 0 Å². The van der Waals surface area contributed by atoms with Gasteiger partial charge in [0.2, 0.25) is 5.91 Å². The number of hydrogen-bond acceptors (Lipinski definition) is 5. The van der Waals surface area contributed by atoms with E-state index in [0.717, 1.165) is 38.5 Å². The van der Waals surface area contributed by atoms with Crippen molar-refractivity contribution in [3.63, 3.8) is 0 Å². The lowest BCUT2D eigenvalue weighted by molar-refractivity contribution is -0.123. The van der Waals surface area contributed by atoms with Gasteiger partial charge in [-0.3, -0.25) is 9.59 Å². The fourth-order valence-corrected chi connectivity index (χ4v) is 5.30. The normalized spacial score (nSPS) is 14.3. The zero-order valence-electron chi connectivity index (χ0n) is 16.7. The van der Waals surface area contributed by atoms with Gasteiger partial charge >= 0.3 is 0 Å². The zero-order chi connectivity index (χ0) is 21.2. The highest BCUT2D eigenvalue weighted by Gasteiger charge is 2.29. The number of para-hydroxylation sites is 1. The number of carbonyl (C=O) groups is 2. The monoisotopic (exact) mass is 447 g/mol. The van der Waals surface area contributed by atoms with Crippen LogP contribution in [0.15, 0.2) is 66.7 Å². The maximum Gasteiger partial charge on any atom is 0.262 e. The van der Waals surface area contributed by atoms with Gasteiger partial charge in [0.25, 0.3) is 5.91 Å². The molecule has 0 saturated heterocycles. The predicted molar refractivity (Wildman–Crippen MR) is 125 cm³/mol. The van der Waals surface area contributed by atoms with Crippen molar-refractivity contribution < 1.29 is 9.59 Å². The molecule has 5 nitrogen and oxygen atoms in total. The van der Waals surface area contributed by atoms with Gasteiger partial charge in [-0.15, -0.1) is 22.7 Å². The molecule has 7 heteroatoms. The molecule has 0 radical (unpaired) electrons. The molecule has 2 heterocycles. The molecule has 1 atom stereocenters. The second kappa shape index (κ2) is 8.61. The van der Waals surface area contributed by atoms with Crippen molar-refractivity contribution >= 4 is 44.7 Å². The Labute approximate surface area is 188 Å². The third-order valence-corrected chi connectivity index (χ3v) is 7.45. The summed E-state index contributed by atoms with van der Waals surface area (Å²) < 4.78 is 1.12. The SMILES string of the molecule is O=C(NC(Cc1ccccc1)C(=O)NC1CC1)c1ccc(-c2nc3ccccc3s2)s1. The van der Waals surface area contributed by atoms with Crippen LogP contribution in [-0.2, 0) is 11.2 Å². The molecule has 2 N–H and O–H groups in total. The number of nitrogens with zero attached hydrogens (tertiary/aromatic N) is 1. The van der Waals surface area contributed by atoms with E-state index in [4.69, 9.17) is 0 Å².